The fourth-order valence-electron chi connectivity index (χ4n) is 2.57. The van der Waals surface area contributed by atoms with Crippen molar-refractivity contribution in [3.63, 3.8) is 0 Å². The summed E-state index contributed by atoms with van der Waals surface area (Å²) in [7, 11) is 0. The van der Waals surface area contributed by atoms with E-state index in [1.165, 1.54) is 5.56 Å². The molecule has 1 aliphatic carbocycles. The summed E-state index contributed by atoms with van der Waals surface area (Å²) in [6.45, 7) is 2.97. The molecule has 2 N–H and O–H groups in total. The van der Waals surface area contributed by atoms with Gasteiger partial charge in [0.1, 0.15) is 4.99 Å². The Kier molecular flexibility index (Phi) is 3.88. The van der Waals surface area contributed by atoms with Crippen LogP contribution in [0.3, 0.4) is 0 Å². The Morgan fingerprint density at radius 1 is 1.48 bits per heavy atom. The average Bonchev–Trinajstić information content (AvgIpc) is 3.07. The van der Waals surface area contributed by atoms with Crippen molar-refractivity contribution < 1.29 is 4.74 Å². The van der Waals surface area contributed by atoms with Crippen LogP contribution in [0, 0.1) is 0 Å². The zero-order chi connectivity index (χ0) is 14.8. The Morgan fingerprint density at radius 3 is 3.10 bits per heavy atom. The molecule has 0 saturated carbocycles. The number of hydrogen-bond acceptors (Lipinski definition) is 4. The molecule has 2 aromatic heterocycles. The molecule has 110 valence electrons. The Hall–Kier alpha value is -1.95. The molecule has 6 heteroatoms. The molecule has 0 fully saturated rings. The van der Waals surface area contributed by atoms with E-state index in [0.717, 1.165) is 37.9 Å². The number of nitrogens with two attached hydrogens (primary N) is 1. The molecule has 2 heterocycles. The van der Waals surface area contributed by atoms with Crippen molar-refractivity contribution in [2.24, 2.45) is 5.73 Å². The number of pyridine rings is 1. The number of rotatable bonds is 5. The minimum absolute atomic E-state index is 0.313. The van der Waals surface area contributed by atoms with Crippen molar-refractivity contribution in [2.45, 2.75) is 39.2 Å². The van der Waals surface area contributed by atoms with E-state index in [-0.39, 0.29) is 0 Å². The fraction of sp³-hybridized carbons (Fsp3) is 0.400. The molecule has 3 rings (SSSR count). The maximum Gasteiger partial charge on any atom is 0.229 e. The minimum Gasteiger partial charge on any atom is -0.435 e. The van der Waals surface area contributed by atoms with Crippen LogP contribution in [0.1, 0.15) is 36.6 Å². The summed E-state index contributed by atoms with van der Waals surface area (Å²) in [6, 6.07) is 2.02. The molecule has 21 heavy (non-hydrogen) atoms. The third kappa shape index (κ3) is 2.90. The first-order valence-corrected chi connectivity index (χ1v) is 7.61. The number of nitrogens with zero attached hydrogens (tertiary/aromatic N) is 3. The van der Waals surface area contributed by atoms with Gasteiger partial charge in [0.05, 0.1) is 18.0 Å². The first kappa shape index (κ1) is 14.0. The number of aryl methyl sites for hydroxylation is 3. The van der Waals surface area contributed by atoms with Crippen LogP contribution >= 0.6 is 12.2 Å². The van der Waals surface area contributed by atoms with Crippen molar-refractivity contribution in [1.82, 2.24) is 14.8 Å². The highest BCUT2D eigenvalue weighted by Gasteiger charge is 2.19. The summed E-state index contributed by atoms with van der Waals surface area (Å²) in [4.78, 5) is 4.91. The van der Waals surface area contributed by atoms with E-state index in [9.17, 15) is 0 Å². The number of ether oxygens (including phenoxy) is 1. The van der Waals surface area contributed by atoms with Gasteiger partial charge < -0.3 is 10.5 Å². The lowest BCUT2D eigenvalue weighted by Gasteiger charge is -2.10. The zero-order valence-corrected chi connectivity index (χ0v) is 12.8. The van der Waals surface area contributed by atoms with Crippen LogP contribution in [0.25, 0.3) is 0 Å². The summed E-state index contributed by atoms with van der Waals surface area (Å²) >= 11 is 5.12. The predicted molar refractivity (Wildman–Crippen MR) is 84.7 cm³/mol. The Balaban J connectivity index is 1.91. The maximum atomic E-state index is 5.86. The third-order valence-electron chi connectivity index (χ3n) is 3.56. The van der Waals surface area contributed by atoms with Gasteiger partial charge in [0.15, 0.2) is 5.75 Å². The second-order valence-electron chi connectivity index (χ2n) is 5.21. The van der Waals surface area contributed by atoms with Crippen LogP contribution < -0.4 is 10.5 Å². The lowest BCUT2D eigenvalue weighted by Crippen LogP contribution is -2.13. The van der Waals surface area contributed by atoms with E-state index in [0.29, 0.717) is 22.2 Å². The van der Waals surface area contributed by atoms with Crippen LogP contribution in [0.5, 0.6) is 11.6 Å². The van der Waals surface area contributed by atoms with Crippen LogP contribution in [0.2, 0.25) is 0 Å². The summed E-state index contributed by atoms with van der Waals surface area (Å²) < 4.78 is 7.71. The number of aromatic nitrogens is 3. The molecular weight excluding hydrogens is 284 g/mol. The molecule has 0 bridgehead atoms. The summed E-state index contributed by atoms with van der Waals surface area (Å²) in [5.41, 5.74) is 8.83. The van der Waals surface area contributed by atoms with E-state index in [1.54, 1.807) is 6.20 Å². The highest BCUT2D eigenvalue weighted by molar-refractivity contribution is 7.80. The summed E-state index contributed by atoms with van der Waals surface area (Å²) in [5, 5.41) is 4.25. The van der Waals surface area contributed by atoms with E-state index in [4.69, 9.17) is 22.7 Å². The van der Waals surface area contributed by atoms with Gasteiger partial charge in [-0.05, 0) is 37.3 Å². The van der Waals surface area contributed by atoms with Crippen molar-refractivity contribution in [1.29, 1.82) is 0 Å². The molecule has 0 amide bonds. The van der Waals surface area contributed by atoms with E-state index >= 15 is 0 Å². The predicted octanol–water partition coefficient (Wildman–Crippen LogP) is 2.60. The highest BCUT2D eigenvalue weighted by Crippen LogP contribution is 2.29. The van der Waals surface area contributed by atoms with Gasteiger partial charge in [-0.1, -0.05) is 19.1 Å². The first-order chi connectivity index (χ1) is 10.2. The SMILES string of the molecule is CCCn1cc(Oc2nc3c(cc2C(N)=S)CCC3)cn1. The largest absolute Gasteiger partial charge is 0.435 e. The van der Waals surface area contributed by atoms with Crippen LogP contribution in [0.4, 0.5) is 0 Å². The zero-order valence-electron chi connectivity index (χ0n) is 12.0. The van der Waals surface area contributed by atoms with Gasteiger partial charge in [0.25, 0.3) is 0 Å². The van der Waals surface area contributed by atoms with Crippen LogP contribution in [-0.2, 0) is 19.4 Å². The topological polar surface area (TPSA) is 66.0 Å². The van der Waals surface area contributed by atoms with Gasteiger partial charge in [-0.15, -0.1) is 0 Å². The molecule has 0 spiro atoms. The van der Waals surface area contributed by atoms with Crippen LogP contribution in [0.15, 0.2) is 18.5 Å². The Labute approximate surface area is 129 Å². The molecular formula is C15H18N4OS. The van der Waals surface area contributed by atoms with Crippen molar-refractivity contribution in [3.8, 4) is 11.6 Å². The maximum absolute atomic E-state index is 5.86. The van der Waals surface area contributed by atoms with Gasteiger partial charge in [-0.2, -0.15) is 5.10 Å². The third-order valence-corrected chi connectivity index (χ3v) is 3.78. The fourth-order valence-corrected chi connectivity index (χ4v) is 2.71. The quantitative estimate of drug-likeness (QED) is 0.860. The van der Waals surface area contributed by atoms with Crippen molar-refractivity contribution in [2.75, 3.05) is 0 Å². The molecule has 0 unspecified atom stereocenters. The van der Waals surface area contributed by atoms with Gasteiger partial charge in [-0.25, -0.2) is 4.98 Å². The normalized spacial score (nSPS) is 13.2. The lowest BCUT2D eigenvalue weighted by atomic mass is 10.1. The van der Waals surface area contributed by atoms with Crippen molar-refractivity contribution in [3.05, 3.63) is 35.3 Å². The van der Waals surface area contributed by atoms with Crippen molar-refractivity contribution >= 4 is 17.2 Å². The highest BCUT2D eigenvalue weighted by atomic mass is 32.1. The Morgan fingerprint density at radius 2 is 2.33 bits per heavy atom. The van der Waals surface area contributed by atoms with Gasteiger partial charge in [0, 0.05) is 12.2 Å². The molecule has 2 aromatic rings. The van der Waals surface area contributed by atoms with E-state index in [1.807, 2.05) is 16.9 Å². The van der Waals surface area contributed by atoms with E-state index < -0.39 is 0 Å². The van der Waals surface area contributed by atoms with E-state index in [2.05, 4.69) is 17.0 Å². The molecule has 0 aliphatic heterocycles. The van der Waals surface area contributed by atoms with Crippen LogP contribution in [-0.4, -0.2) is 19.8 Å². The minimum atomic E-state index is 0.313. The summed E-state index contributed by atoms with van der Waals surface area (Å²) in [5.74, 6) is 1.14. The molecule has 5 nitrogen and oxygen atoms in total. The van der Waals surface area contributed by atoms with Gasteiger partial charge in [0.2, 0.25) is 5.88 Å². The molecule has 0 atom stereocenters. The first-order valence-electron chi connectivity index (χ1n) is 7.20. The standard InChI is InChI=1S/C15H18N4OS/c1-2-6-19-9-11(8-17-19)20-15-12(14(16)21)7-10-4-3-5-13(10)18-15/h7-9H,2-6H2,1H3,(H2,16,21). The lowest BCUT2D eigenvalue weighted by molar-refractivity contribution is 0.458. The van der Waals surface area contributed by atoms with Gasteiger partial charge >= 0.3 is 0 Å². The number of hydrogen-bond donors (Lipinski definition) is 1. The Bertz CT molecular complexity index is 680. The molecule has 0 aromatic carbocycles. The number of thiocarbonyl (C=S) groups is 1. The average molecular weight is 302 g/mol. The summed E-state index contributed by atoms with van der Waals surface area (Å²) in [6.07, 6.45) is 7.72. The molecule has 1 aliphatic rings. The molecule has 0 saturated heterocycles. The van der Waals surface area contributed by atoms with Gasteiger partial charge in [-0.3, -0.25) is 4.68 Å². The second kappa shape index (κ2) is 5.81. The smallest absolute Gasteiger partial charge is 0.229 e. The number of fused-ring (bicyclic) bond motifs is 1. The monoisotopic (exact) mass is 302 g/mol. The molecule has 0 radical (unpaired) electrons. The second-order valence-corrected chi connectivity index (χ2v) is 5.65.